The molecule has 0 aliphatic rings. The summed E-state index contributed by atoms with van der Waals surface area (Å²) >= 11 is 0. The zero-order valence-electron chi connectivity index (χ0n) is 9.10. The summed E-state index contributed by atoms with van der Waals surface area (Å²) in [4.78, 5) is 0.830. The van der Waals surface area contributed by atoms with E-state index in [1.54, 1.807) is 7.11 Å². The van der Waals surface area contributed by atoms with Crippen LogP contribution in [0.5, 0.6) is 5.75 Å². The number of nitrogens with two attached hydrogens (primary N) is 1. The lowest BCUT2D eigenvalue weighted by Crippen LogP contribution is -2.17. The zero-order chi connectivity index (χ0) is 11.3. The van der Waals surface area contributed by atoms with Gasteiger partial charge in [0.05, 0.1) is 17.9 Å². The fraction of sp³-hybridized carbons (Fsp3) is 0.455. The first kappa shape index (κ1) is 12.2. The minimum absolute atomic E-state index is 0.285. The van der Waals surface area contributed by atoms with E-state index in [1.807, 2.05) is 31.2 Å². The van der Waals surface area contributed by atoms with Crippen LogP contribution in [0.15, 0.2) is 29.2 Å². The molecule has 0 aliphatic carbocycles. The highest BCUT2D eigenvalue weighted by Gasteiger charge is 2.08. The summed E-state index contributed by atoms with van der Waals surface area (Å²) in [5.41, 5.74) is 5.49. The van der Waals surface area contributed by atoms with Gasteiger partial charge in [-0.1, -0.05) is 6.92 Å². The Bertz CT molecular complexity index is 324. The summed E-state index contributed by atoms with van der Waals surface area (Å²) in [5.74, 6) is 1.68. The van der Waals surface area contributed by atoms with E-state index in [2.05, 4.69) is 0 Å². The van der Waals surface area contributed by atoms with Gasteiger partial charge in [-0.2, -0.15) is 0 Å². The van der Waals surface area contributed by atoms with Crippen LogP contribution < -0.4 is 10.5 Å². The normalized spacial score (nSPS) is 14.6. The van der Waals surface area contributed by atoms with Crippen LogP contribution in [0.3, 0.4) is 0 Å². The molecule has 2 unspecified atom stereocenters. The molecule has 1 aromatic carbocycles. The average molecular weight is 227 g/mol. The van der Waals surface area contributed by atoms with Crippen LogP contribution in [0.1, 0.15) is 6.92 Å². The molecular weight excluding hydrogens is 210 g/mol. The molecule has 15 heavy (non-hydrogen) atoms. The molecule has 0 aromatic heterocycles. The molecule has 4 heteroatoms. The quantitative estimate of drug-likeness (QED) is 0.827. The van der Waals surface area contributed by atoms with Gasteiger partial charge in [0.2, 0.25) is 0 Å². The first-order valence-corrected chi connectivity index (χ1v) is 6.21. The van der Waals surface area contributed by atoms with E-state index in [0.29, 0.717) is 12.3 Å². The van der Waals surface area contributed by atoms with Crippen LogP contribution in [0.25, 0.3) is 0 Å². The van der Waals surface area contributed by atoms with E-state index in [9.17, 15) is 4.21 Å². The minimum Gasteiger partial charge on any atom is -0.497 e. The van der Waals surface area contributed by atoms with Gasteiger partial charge >= 0.3 is 0 Å². The smallest absolute Gasteiger partial charge is 0.118 e. The van der Waals surface area contributed by atoms with Gasteiger partial charge in [0, 0.05) is 10.6 Å². The highest BCUT2D eigenvalue weighted by Crippen LogP contribution is 2.15. The summed E-state index contributed by atoms with van der Waals surface area (Å²) in [6, 6.07) is 7.30. The maximum absolute atomic E-state index is 11.8. The molecule has 1 aromatic rings. The lowest BCUT2D eigenvalue weighted by Gasteiger charge is -2.08. The Morgan fingerprint density at radius 2 is 2.00 bits per heavy atom. The average Bonchev–Trinajstić information content (AvgIpc) is 2.29. The maximum atomic E-state index is 11.8. The fourth-order valence-corrected chi connectivity index (χ4v) is 2.44. The molecular formula is C11H17NO2S. The largest absolute Gasteiger partial charge is 0.497 e. The molecule has 0 fully saturated rings. The summed E-state index contributed by atoms with van der Waals surface area (Å²) < 4.78 is 16.9. The van der Waals surface area contributed by atoms with Crippen molar-refractivity contribution < 1.29 is 8.95 Å². The molecule has 0 saturated heterocycles. The highest BCUT2D eigenvalue weighted by molar-refractivity contribution is 7.85. The van der Waals surface area contributed by atoms with Crippen LogP contribution in [0, 0.1) is 5.92 Å². The molecule has 0 heterocycles. The molecule has 2 N–H and O–H groups in total. The highest BCUT2D eigenvalue weighted by atomic mass is 32.2. The topological polar surface area (TPSA) is 52.3 Å². The number of methoxy groups -OCH3 is 1. The second-order valence-corrected chi connectivity index (χ2v) is 5.02. The molecule has 0 saturated carbocycles. The number of ether oxygens (including phenoxy) is 1. The van der Waals surface area contributed by atoms with Crippen LogP contribution in [0.2, 0.25) is 0 Å². The van der Waals surface area contributed by atoms with Crippen molar-refractivity contribution in [2.75, 3.05) is 19.4 Å². The van der Waals surface area contributed by atoms with Crippen molar-refractivity contribution in [2.45, 2.75) is 11.8 Å². The third-order valence-corrected chi connectivity index (χ3v) is 3.83. The van der Waals surface area contributed by atoms with E-state index in [1.165, 1.54) is 0 Å². The van der Waals surface area contributed by atoms with E-state index >= 15 is 0 Å². The molecule has 0 aliphatic heterocycles. The predicted octanol–water partition coefficient (Wildman–Crippen LogP) is 1.40. The van der Waals surface area contributed by atoms with Gasteiger partial charge in [0.25, 0.3) is 0 Å². The summed E-state index contributed by atoms with van der Waals surface area (Å²) in [5, 5.41) is 0. The van der Waals surface area contributed by atoms with E-state index in [0.717, 1.165) is 10.6 Å². The van der Waals surface area contributed by atoms with Crippen LogP contribution in [-0.2, 0) is 10.8 Å². The van der Waals surface area contributed by atoms with E-state index in [-0.39, 0.29) is 5.92 Å². The minimum atomic E-state index is -0.959. The van der Waals surface area contributed by atoms with Crippen LogP contribution in [-0.4, -0.2) is 23.6 Å². The van der Waals surface area contributed by atoms with Crippen molar-refractivity contribution >= 4 is 10.8 Å². The first-order chi connectivity index (χ1) is 7.17. The van der Waals surface area contributed by atoms with Gasteiger partial charge in [0.15, 0.2) is 0 Å². The van der Waals surface area contributed by atoms with Crippen molar-refractivity contribution in [1.82, 2.24) is 0 Å². The number of rotatable bonds is 5. The number of benzene rings is 1. The Balaban J connectivity index is 2.66. The monoisotopic (exact) mass is 227 g/mol. The van der Waals surface area contributed by atoms with Gasteiger partial charge in [0.1, 0.15) is 5.75 Å². The summed E-state index contributed by atoms with van der Waals surface area (Å²) in [7, 11) is 0.654. The SMILES string of the molecule is COc1ccc(S(=O)CC(C)CN)cc1. The fourth-order valence-electron chi connectivity index (χ4n) is 1.15. The molecule has 84 valence electrons. The van der Waals surface area contributed by atoms with Crippen LogP contribution >= 0.6 is 0 Å². The lowest BCUT2D eigenvalue weighted by atomic mass is 10.2. The first-order valence-electron chi connectivity index (χ1n) is 4.90. The standard InChI is InChI=1S/C11H17NO2S/c1-9(7-12)8-15(13)11-5-3-10(14-2)4-6-11/h3-6,9H,7-8,12H2,1-2H3. The summed E-state index contributed by atoms with van der Waals surface area (Å²) in [6.07, 6.45) is 0. The lowest BCUT2D eigenvalue weighted by molar-refractivity contribution is 0.414. The van der Waals surface area contributed by atoms with Crippen molar-refractivity contribution in [3.63, 3.8) is 0 Å². The van der Waals surface area contributed by atoms with Crippen molar-refractivity contribution in [3.05, 3.63) is 24.3 Å². The molecule has 0 spiro atoms. The molecule has 0 amide bonds. The predicted molar refractivity (Wildman–Crippen MR) is 62.5 cm³/mol. The van der Waals surface area contributed by atoms with Crippen molar-refractivity contribution in [1.29, 1.82) is 0 Å². The van der Waals surface area contributed by atoms with Gasteiger partial charge < -0.3 is 10.5 Å². The molecule has 2 atom stereocenters. The van der Waals surface area contributed by atoms with Gasteiger partial charge in [-0.25, -0.2) is 0 Å². The van der Waals surface area contributed by atoms with E-state index in [4.69, 9.17) is 10.5 Å². The zero-order valence-corrected chi connectivity index (χ0v) is 9.92. The Labute approximate surface area is 93.1 Å². The maximum Gasteiger partial charge on any atom is 0.118 e. The number of hydrogen-bond donors (Lipinski definition) is 1. The molecule has 0 bridgehead atoms. The van der Waals surface area contributed by atoms with Crippen molar-refractivity contribution in [2.24, 2.45) is 11.7 Å². The molecule has 3 nitrogen and oxygen atoms in total. The van der Waals surface area contributed by atoms with Crippen LogP contribution in [0.4, 0.5) is 0 Å². The van der Waals surface area contributed by atoms with Gasteiger partial charge in [-0.05, 0) is 36.7 Å². The molecule has 0 radical (unpaired) electrons. The Morgan fingerprint density at radius 1 is 1.40 bits per heavy atom. The Morgan fingerprint density at radius 3 is 2.47 bits per heavy atom. The number of hydrogen-bond acceptors (Lipinski definition) is 3. The summed E-state index contributed by atoms with van der Waals surface area (Å²) in [6.45, 7) is 2.57. The molecule has 1 rings (SSSR count). The van der Waals surface area contributed by atoms with Crippen molar-refractivity contribution in [3.8, 4) is 5.75 Å². The second kappa shape index (κ2) is 5.88. The Hall–Kier alpha value is -0.870. The van der Waals surface area contributed by atoms with Gasteiger partial charge in [-0.15, -0.1) is 0 Å². The second-order valence-electron chi connectivity index (χ2n) is 3.53. The third-order valence-electron chi connectivity index (χ3n) is 2.16. The third kappa shape index (κ3) is 3.64. The Kier molecular flexibility index (Phi) is 4.78. The van der Waals surface area contributed by atoms with E-state index < -0.39 is 10.8 Å². The van der Waals surface area contributed by atoms with Gasteiger partial charge in [-0.3, -0.25) is 4.21 Å².